The van der Waals surface area contributed by atoms with Crippen molar-refractivity contribution in [3.8, 4) is 0 Å². The molecule has 0 radical (unpaired) electrons. The van der Waals surface area contributed by atoms with E-state index >= 15 is 0 Å². The molecule has 1 saturated carbocycles. The van der Waals surface area contributed by atoms with Crippen LogP contribution < -0.4 is 5.32 Å². The Bertz CT molecular complexity index is 1360. The van der Waals surface area contributed by atoms with E-state index in [9.17, 15) is 23.9 Å². The van der Waals surface area contributed by atoms with Crippen LogP contribution in [0.2, 0.25) is 5.02 Å². The van der Waals surface area contributed by atoms with Crippen LogP contribution in [0.1, 0.15) is 36.5 Å². The van der Waals surface area contributed by atoms with E-state index in [0.29, 0.717) is 35.0 Å². The number of rotatable bonds is 6. The first-order chi connectivity index (χ1) is 16.8. The SMILES string of the molecule is CC(=O)n1cc(NC(=O)N2[C@H](C(=O)CCc3cccc(Cl)c3F)C[C@@]3(CO)C[C@@H]23)c2ccccc21. The lowest BCUT2D eigenvalue weighted by molar-refractivity contribution is -0.123. The van der Waals surface area contributed by atoms with Crippen LogP contribution in [0.5, 0.6) is 0 Å². The predicted molar refractivity (Wildman–Crippen MR) is 130 cm³/mol. The summed E-state index contributed by atoms with van der Waals surface area (Å²) in [5.41, 5.74) is 1.00. The van der Waals surface area contributed by atoms with Gasteiger partial charge in [-0.25, -0.2) is 9.18 Å². The van der Waals surface area contributed by atoms with Crippen molar-refractivity contribution in [1.82, 2.24) is 9.47 Å². The third-order valence-electron chi connectivity index (χ3n) is 7.30. The van der Waals surface area contributed by atoms with E-state index in [1.165, 1.54) is 22.5 Å². The van der Waals surface area contributed by atoms with Gasteiger partial charge in [-0.3, -0.25) is 14.2 Å². The second-order valence-electron chi connectivity index (χ2n) is 9.43. The number of hydrogen-bond donors (Lipinski definition) is 2. The number of ketones is 1. The number of carbonyl (C=O) groups excluding carboxylic acids is 3. The van der Waals surface area contributed by atoms with Gasteiger partial charge in [0.1, 0.15) is 5.82 Å². The number of halogens is 2. The van der Waals surface area contributed by atoms with Crippen molar-refractivity contribution in [2.45, 2.75) is 44.7 Å². The largest absolute Gasteiger partial charge is 0.396 e. The molecule has 7 nitrogen and oxygen atoms in total. The fourth-order valence-corrected chi connectivity index (χ4v) is 5.51. The molecule has 2 amide bonds. The third-order valence-corrected chi connectivity index (χ3v) is 7.60. The van der Waals surface area contributed by atoms with Crippen LogP contribution in [0.4, 0.5) is 14.9 Å². The molecule has 2 N–H and O–H groups in total. The number of piperidine rings is 1. The first-order valence-corrected chi connectivity index (χ1v) is 11.9. The summed E-state index contributed by atoms with van der Waals surface area (Å²) in [7, 11) is 0. The molecule has 2 aliphatic rings. The van der Waals surface area contributed by atoms with Gasteiger partial charge in [0.05, 0.1) is 28.9 Å². The Morgan fingerprint density at radius 1 is 1.17 bits per heavy atom. The molecular formula is C26H25ClFN3O4. The number of aryl methyl sites for hydroxylation is 1. The Balaban J connectivity index is 1.37. The molecule has 0 spiro atoms. The molecule has 1 aromatic heterocycles. The fraction of sp³-hybridized carbons (Fsp3) is 0.346. The van der Waals surface area contributed by atoms with Gasteiger partial charge in [0.15, 0.2) is 5.78 Å². The molecule has 1 aliphatic carbocycles. The number of benzene rings is 2. The van der Waals surface area contributed by atoms with E-state index in [-0.39, 0.29) is 42.2 Å². The minimum Gasteiger partial charge on any atom is -0.396 e. The molecule has 35 heavy (non-hydrogen) atoms. The molecule has 1 saturated heterocycles. The van der Waals surface area contributed by atoms with Gasteiger partial charge in [0.25, 0.3) is 0 Å². The quantitative estimate of drug-likeness (QED) is 0.518. The first-order valence-electron chi connectivity index (χ1n) is 11.5. The van der Waals surface area contributed by atoms with Gasteiger partial charge in [-0.15, -0.1) is 0 Å². The average molecular weight is 498 g/mol. The standard InChI is InChI=1S/C26H25ClFN3O4/c1-15(33)30-13-19(17-6-2-3-8-20(17)30)29-25(35)31-21(11-26(14-32)12-23(26)31)22(34)10-9-16-5-4-7-18(27)24(16)28/h2-8,13,21,23,32H,9-12,14H2,1H3,(H,29,35)/t21-,23+,26-/m0/s1. The number of Topliss-reactive ketones (excluding diaryl/α,β-unsaturated/α-hetero) is 1. The molecule has 0 bridgehead atoms. The molecule has 5 rings (SSSR count). The number of hydrogen-bond acceptors (Lipinski definition) is 4. The maximum Gasteiger partial charge on any atom is 0.322 e. The maximum atomic E-state index is 14.3. The molecule has 3 atom stereocenters. The number of amides is 2. The molecule has 2 aromatic carbocycles. The lowest BCUT2D eigenvalue weighted by Gasteiger charge is -2.27. The molecule has 2 heterocycles. The Morgan fingerprint density at radius 2 is 1.94 bits per heavy atom. The number of likely N-dealkylation sites (tertiary alicyclic amines) is 1. The van der Waals surface area contributed by atoms with E-state index in [4.69, 9.17) is 11.6 Å². The van der Waals surface area contributed by atoms with E-state index in [2.05, 4.69) is 5.32 Å². The number of nitrogens with zero attached hydrogens (tertiary/aromatic N) is 2. The number of aromatic nitrogens is 1. The van der Waals surface area contributed by atoms with Gasteiger partial charge >= 0.3 is 6.03 Å². The summed E-state index contributed by atoms with van der Waals surface area (Å²) in [5, 5.41) is 13.5. The van der Waals surface area contributed by atoms with Gasteiger partial charge < -0.3 is 15.3 Å². The van der Waals surface area contributed by atoms with Crippen LogP contribution in [0.25, 0.3) is 10.9 Å². The highest BCUT2D eigenvalue weighted by Gasteiger charge is 2.66. The topological polar surface area (TPSA) is 91.6 Å². The average Bonchev–Trinajstić information content (AvgIpc) is 3.27. The van der Waals surface area contributed by atoms with Gasteiger partial charge in [-0.2, -0.15) is 0 Å². The van der Waals surface area contributed by atoms with Crippen molar-refractivity contribution in [1.29, 1.82) is 0 Å². The zero-order chi connectivity index (χ0) is 24.9. The summed E-state index contributed by atoms with van der Waals surface area (Å²) in [6.45, 7) is 1.33. The first kappa shape index (κ1) is 23.5. The number of aliphatic hydroxyl groups is 1. The normalized spacial score (nSPS) is 22.8. The Kier molecular flexibility index (Phi) is 5.89. The van der Waals surface area contributed by atoms with Crippen LogP contribution in [0.15, 0.2) is 48.7 Å². The molecular weight excluding hydrogens is 473 g/mol. The second kappa shape index (κ2) is 8.77. The number of fused-ring (bicyclic) bond motifs is 2. The van der Waals surface area contributed by atoms with Crippen LogP contribution >= 0.6 is 11.6 Å². The smallest absolute Gasteiger partial charge is 0.322 e. The lowest BCUT2D eigenvalue weighted by atomic mass is 9.95. The summed E-state index contributed by atoms with van der Waals surface area (Å²) in [6.07, 6.45) is 2.78. The van der Waals surface area contributed by atoms with Gasteiger partial charge in [0, 0.05) is 36.4 Å². The highest BCUT2D eigenvalue weighted by molar-refractivity contribution is 6.30. The van der Waals surface area contributed by atoms with Gasteiger partial charge in [0.2, 0.25) is 5.91 Å². The number of nitrogens with one attached hydrogen (secondary N) is 1. The van der Waals surface area contributed by atoms with E-state index in [0.717, 1.165) is 0 Å². The number of carbonyl (C=O) groups is 3. The Morgan fingerprint density at radius 3 is 2.69 bits per heavy atom. The fourth-order valence-electron chi connectivity index (χ4n) is 5.31. The molecule has 0 unspecified atom stereocenters. The molecule has 1 aliphatic heterocycles. The minimum absolute atomic E-state index is 0.00187. The molecule has 2 fully saturated rings. The third kappa shape index (κ3) is 4.00. The van der Waals surface area contributed by atoms with E-state index in [1.54, 1.807) is 24.4 Å². The van der Waals surface area contributed by atoms with Crippen LogP contribution in [-0.2, 0) is 11.2 Å². The summed E-state index contributed by atoms with van der Waals surface area (Å²) >= 11 is 5.85. The van der Waals surface area contributed by atoms with Crippen LogP contribution in [0.3, 0.4) is 0 Å². The van der Waals surface area contributed by atoms with Gasteiger partial charge in [-0.1, -0.05) is 41.9 Å². The molecule has 9 heteroatoms. The molecule has 3 aromatic rings. The van der Waals surface area contributed by atoms with Crippen molar-refractivity contribution < 1.29 is 23.9 Å². The molecule has 182 valence electrons. The van der Waals surface area contributed by atoms with Crippen molar-refractivity contribution in [2.24, 2.45) is 5.41 Å². The summed E-state index contributed by atoms with van der Waals surface area (Å²) < 4.78 is 15.7. The van der Waals surface area contributed by atoms with Crippen LogP contribution in [0, 0.1) is 11.2 Å². The summed E-state index contributed by atoms with van der Waals surface area (Å²) in [6, 6.07) is 10.5. The second-order valence-corrected chi connectivity index (χ2v) is 9.83. The number of para-hydroxylation sites is 1. The zero-order valence-electron chi connectivity index (χ0n) is 19.1. The number of urea groups is 1. The lowest BCUT2D eigenvalue weighted by Crippen LogP contribution is -2.45. The maximum absolute atomic E-state index is 14.3. The zero-order valence-corrected chi connectivity index (χ0v) is 19.9. The Labute approximate surface area is 206 Å². The summed E-state index contributed by atoms with van der Waals surface area (Å²) in [4.78, 5) is 40.2. The highest BCUT2D eigenvalue weighted by atomic mass is 35.5. The summed E-state index contributed by atoms with van der Waals surface area (Å²) in [5.74, 6) is -0.920. The van der Waals surface area contributed by atoms with E-state index in [1.807, 2.05) is 18.2 Å². The highest BCUT2D eigenvalue weighted by Crippen LogP contribution is 2.59. The van der Waals surface area contributed by atoms with E-state index < -0.39 is 23.3 Å². The number of aliphatic hydroxyl groups excluding tert-OH is 1. The predicted octanol–water partition coefficient (Wildman–Crippen LogP) is 4.65. The minimum atomic E-state index is -0.718. The Hall–Kier alpha value is -3.23. The van der Waals surface area contributed by atoms with Crippen LogP contribution in [-0.4, -0.2) is 51.0 Å². The van der Waals surface area contributed by atoms with Crippen molar-refractivity contribution in [2.75, 3.05) is 11.9 Å². The van der Waals surface area contributed by atoms with Crippen molar-refractivity contribution in [3.63, 3.8) is 0 Å². The van der Waals surface area contributed by atoms with Crippen molar-refractivity contribution in [3.05, 3.63) is 65.1 Å². The monoisotopic (exact) mass is 497 g/mol. The van der Waals surface area contributed by atoms with Gasteiger partial charge in [-0.05, 0) is 37.0 Å². The number of anilines is 1. The van der Waals surface area contributed by atoms with Crippen molar-refractivity contribution >= 4 is 45.9 Å².